The fourth-order valence-electron chi connectivity index (χ4n) is 4.76. The molecule has 3 aromatic carbocycles. The van der Waals surface area contributed by atoms with Crippen LogP contribution in [-0.4, -0.2) is 21.6 Å². The van der Waals surface area contributed by atoms with Gasteiger partial charge in [-0.3, -0.25) is 9.59 Å². The Morgan fingerprint density at radius 2 is 1.66 bits per heavy atom. The van der Waals surface area contributed by atoms with Crippen LogP contribution in [0.5, 0.6) is 0 Å². The summed E-state index contributed by atoms with van der Waals surface area (Å²) in [5.74, 6) is -0.0651. The van der Waals surface area contributed by atoms with E-state index >= 15 is 0 Å². The molecule has 0 bridgehead atoms. The average molecular weight is 526 g/mol. The summed E-state index contributed by atoms with van der Waals surface area (Å²) in [7, 11) is 0. The highest BCUT2D eigenvalue weighted by molar-refractivity contribution is 6.30. The number of aryl methyl sites for hydroxylation is 3. The number of halogens is 1. The minimum absolute atomic E-state index is 0.265. The lowest BCUT2D eigenvalue weighted by molar-refractivity contribution is -0.113. The summed E-state index contributed by atoms with van der Waals surface area (Å²) in [4.78, 5) is 27.0. The van der Waals surface area contributed by atoms with Gasteiger partial charge in [0.25, 0.3) is 11.8 Å². The van der Waals surface area contributed by atoms with Crippen molar-refractivity contribution in [3.63, 3.8) is 0 Å². The van der Waals surface area contributed by atoms with Crippen molar-refractivity contribution >= 4 is 40.6 Å². The molecule has 2 heterocycles. The lowest BCUT2D eigenvalue weighted by Gasteiger charge is -2.30. The summed E-state index contributed by atoms with van der Waals surface area (Å²) in [5.41, 5.74) is 6.79. The summed E-state index contributed by atoms with van der Waals surface area (Å²) in [5, 5.41) is 14.4. The molecular weight excluding hydrogens is 498 g/mol. The van der Waals surface area contributed by atoms with Gasteiger partial charge in [-0.15, -0.1) is 0 Å². The number of hydrogen-bond donors (Lipinski definition) is 3. The molecule has 4 aromatic rings. The third-order valence-corrected chi connectivity index (χ3v) is 6.82. The van der Waals surface area contributed by atoms with Gasteiger partial charge in [-0.25, -0.2) is 4.68 Å². The van der Waals surface area contributed by atoms with Crippen molar-refractivity contribution < 1.29 is 9.59 Å². The predicted octanol–water partition coefficient (Wildman–Crippen LogP) is 6.64. The number of aromatic nitrogens is 2. The third-order valence-electron chi connectivity index (χ3n) is 6.58. The van der Waals surface area contributed by atoms with Crippen LogP contribution in [-0.2, 0) is 4.79 Å². The Bertz CT molecular complexity index is 1600. The van der Waals surface area contributed by atoms with Crippen LogP contribution >= 0.6 is 11.6 Å². The number of carbonyl (C=O) groups excluding carboxylic acids is 2. The Morgan fingerprint density at radius 3 is 2.39 bits per heavy atom. The van der Waals surface area contributed by atoms with E-state index in [0.717, 1.165) is 27.9 Å². The normalized spacial score (nSPS) is 14.5. The van der Waals surface area contributed by atoms with E-state index in [-0.39, 0.29) is 11.8 Å². The van der Waals surface area contributed by atoms with Gasteiger partial charge in [-0.05, 0) is 74.7 Å². The van der Waals surface area contributed by atoms with E-state index in [1.165, 1.54) is 6.20 Å². The van der Waals surface area contributed by atoms with Crippen LogP contribution in [0, 0.1) is 20.8 Å². The zero-order valence-corrected chi connectivity index (χ0v) is 22.4. The minimum atomic E-state index is -0.601. The first-order valence-corrected chi connectivity index (χ1v) is 12.7. The number of rotatable bonds is 5. The van der Waals surface area contributed by atoms with Gasteiger partial charge in [0.15, 0.2) is 0 Å². The molecule has 0 saturated heterocycles. The number of hydrogen-bond acceptors (Lipinski definition) is 4. The zero-order valence-electron chi connectivity index (χ0n) is 21.6. The largest absolute Gasteiger partial charge is 0.343 e. The number of carbonyl (C=O) groups is 2. The lowest BCUT2D eigenvalue weighted by atomic mass is 9.94. The first kappa shape index (κ1) is 25.3. The monoisotopic (exact) mass is 525 g/mol. The Hall–Kier alpha value is -4.36. The molecule has 38 heavy (non-hydrogen) atoms. The van der Waals surface area contributed by atoms with Crippen molar-refractivity contribution in [3.05, 3.63) is 117 Å². The van der Waals surface area contributed by atoms with Gasteiger partial charge in [0.1, 0.15) is 17.4 Å². The molecule has 0 saturated carbocycles. The maximum Gasteiger partial charge on any atom is 0.261 e. The fraction of sp³-hybridized carbons (Fsp3) is 0.167. The Labute approximate surface area is 226 Å². The maximum absolute atomic E-state index is 13.7. The number of nitrogens with one attached hydrogen (secondary N) is 3. The van der Waals surface area contributed by atoms with Crippen LogP contribution in [0.15, 0.2) is 84.2 Å². The van der Waals surface area contributed by atoms with E-state index in [1.807, 2.05) is 88.4 Å². The average Bonchev–Trinajstić information content (AvgIpc) is 3.28. The van der Waals surface area contributed by atoms with Crippen LogP contribution in [0.1, 0.15) is 45.6 Å². The van der Waals surface area contributed by atoms with Crippen LogP contribution in [0.2, 0.25) is 5.02 Å². The van der Waals surface area contributed by atoms with Crippen LogP contribution in [0.25, 0.3) is 0 Å². The van der Waals surface area contributed by atoms with Crippen LogP contribution < -0.4 is 16.0 Å². The van der Waals surface area contributed by atoms with Crippen molar-refractivity contribution in [1.29, 1.82) is 0 Å². The van der Waals surface area contributed by atoms with Crippen molar-refractivity contribution in [2.75, 3.05) is 16.0 Å². The Kier molecular flexibility index (Phi) is 6.78. The molecule has 1 aromatic heterocycles. The molecule has 1 aliphatic heterocycles. The second kappa shape index (κ2) is 10.2. The molecule has 2 amide bonds. The van der Waals surface area contributed by atoms with Crippen LogP contribution in [0.4, 0.5) is 17.2 Å². The van der Waals surface area contributed by atoms with E-state index < -0.39 is 6.04 Å². The summed E-state index contributed by atoms with van der Waals surface area (Å²) in [6.45, 7) is 7.76. The van der Waals surface area contributed by atoms with E-state index in [1.54, 1.807) is 10.7 Å². The van der Waals surface area contributed by atoms with Gasteiger partial charge in [0.05, 0.1) is 11.8 Å². The van der Waals surface area contributed by atoms with Crippen molar-refractivity contribution in [1.82, 2.24) is 9.78 Å². The summed E-state index contributed by atoms with van der Waals surface area (Å²) >= 11 is 6.35. The number of fused-ring (bicyclic) bond motifs is 1. The van der Waals surface area contributed by atoms with E-state index in [4.69, 9.17) is 11.6 Å². The molecule has 1 atom stereocenters. The summed E-state index contributed by atoms with van der Waals surface area (Å²) < 4.78 is 1.67. The van der Waals surface area contributed by atoms with Gasteiger partial charge < -0.3 is 16.0 Å². The third kappa shape index (κ3) is 4.93. The first-order valence-electron chi connectivity index (χ1n) is 12.3. The van der Waals surface area contributed by atoms with Gasteiger partial charge in [-0.1, -0.05) is 53.6 Å². The number of nitrogens with zero attached hydrogens (tertiary/aromatic N) is 2. The van der Waals surface area contributed by atoms with Gasteiger partial charge in [-0.2, -0.15) is 5.10 Å². The summed E-state index contributed by atoms with van der Waals surface area (Å²) in [6, 6.07) is 20.2. The smallest absolute Gasteiger partial charge is 0.261 e. The molecule has 7 nitrogen and oxygen atoms in total. The molecule has 1 aliphatic rings. The number of allylic oxidation sites excluding steroid dienone is 1. The zero-order chi connectivity index (χ0) is 27.0. The van der Waals surface area contributed by atoms with E-state index in [2.05, 4.69) is 21.0 Å². The summed E-state index contributed by atoms with van der Waals surface area (Å²) in [6.07, 6.45) is 1.52. The van der Waals surface area contributed by atoms with E-state index in [9.17, 15) is 9.59 Å². The minimum Gasteiger partial charge on any atom is -0.343 e. The highest BCUT2D eigenvalue weighted by Crippen LogP contribution is 2.38. The SMILES string of the molecule is CC1=C(C(=O)Nc2ccc(C)cc2C)[C@@H](c2cccc(Cl)c2)n2ncc(C(=O)Nc3cccc(C)c3)c2N1. The van der Waals surface area contributed by atoms with Crippen LogP contribution in [0.3, 0.4) is 0 Å². The second-order valence-corrected chi connectivity index (χ2v) is 10.0. The molecule has 0 fully saturated rings. The topological polar surface area (TPSA) is 88.0 Å². The molecular formula is C30H28ClN5O2. The molecule has 5 rings (SSSR count). The standard InChI is InChI=1S/C30H28ClN5O2/c1-17-7-5-10-23(14-17)34-29(37)24-16-32-36-27(21-8-6-9-22(31)15-21)26(20(4)33-28(24)36)30(38)35-25-12-11-18(2)13-19(25)3/h5-16,27,33H,1-4H3,(H,34,37)(H,35,38)/t27-/m1/s1. The number of anilines is 3. The van der Waals surface area contributed by atoms with Gasteiger partial charge in [0.2, 0.25) is 0 Å². The molecule has 8 heteroatoms. The van der Waals surface area contributed by atoms with Crippen molar-refractivity contribution in [2.45, 2.75) is 33.7 Å². The Morgan fingerprint density at radius 1 is 0.895 bits per heavy atom. The highest BCUT2D eigenvalue weighted by atomic mass is 35.5. The second-order valence-electron chi connectivity index (χ2n) is 9.57. The molecule has 192 valence electrons. The molecule has 0 radical (unpaired) electrons. The number of amides is 2. The molecule has 0 unspecified atom stereocenters. The predicted molar refractivity (Wildman–Crippen MR) is 152 cm³/mol. The van der Waals surface area contributed by atoms with Crippen molar-refractivity contribution in [2.24, 2.45) is 0 Å². The molecule has 3 N–H and O–H groups in total. The van der Waals surface area contributed by atoms with Crippen molar-refractivity contribution in [3.8, 4) is 0 Å². The van der Waals surface area contributed by atoms with E-state index in [0.29, 0.717) is 33.4 Å². The van der Waals surface area contributed by atoms with Gasteiger partial charge >= 0.3 is 0 Å². The Balaban J connectivity index is 1.55. The maximum atomic E-state index is 13.7. The quantitative estimate of drug-likeness (QED) is 0.272. The lowest BCUT2D eigenvalue weighted by Crippen LogP contribution is -2.32. The fourth-order valence-corrected chi connectivity index (χ4v) is 4.96. The molecule has 0 aliphatic carbocycles. The molecule has 0 spiro atoms. The van der Waals surface area contributed by atoms with Gasteiger partial charge in [0, 0.05) is 22.1 Å². The highest BCUT2D eigenvalue weighted by Gasteiger charge is 2.35. The first-order chi connectivity index (χ1) is 18.2. The number of benzene rings is 3.